The van der Waals surface area contributed by atoms with Crippen LogP contribution in [0.5, 0.6) is 0 Å². The molecule has 0 aliphatic heterocycles. The van der Waals surface area contributed by atoms with Crippen LogP contribution in [0.15, 0.2) is 27.6 Å². The van der Waals surface area contributed by atoms with Gasteiger partial charge in [0.2, 0.25) is 0 Å². The van der Waals surface area contributed by atoms with Gasteiger partial charge in [0, 0.05) is 4.47 Å². The SMILES string of the molecule is O=C(O)CONS(=O)(=O)c1ccc(F)cc1Br. The molecule has 1 aromatic rings. The lowest BCUT2D eigenvalue weighted by Crippen LogP contribution is -2.27. The minimum Gasteiger partial charge on any atom is -0.479 e. The van der Waals surface area contributed by atoms with E-state index in [0.717, 1.165) is 18.2 Å². The molecule has 0 heterocycles. The lowest BCUT2D eigenvalue weighted by Gasteiger charge is -2.07. The molecular formula is C8H7BrFNO5S. The Morgan fingerprint density at radius 3 is 2.71 bits per heavy atom. The standard InChI is InChI=1S/C8H7BrFNO5S/c9-6-3-5(10)1-2-7(6)17(14,15)11-16-4-8(12)13/h1-3,11H,4H2,(H,12,13). The van der Waals surface area contributed by atoms with Crippen LogP contribution in [0.2, 0.25) is 0 Å². The van der Waals surface area contributed by atoms with E-state index in [-0.39, 0.29) is 9.37 Å². The molecule has 0 saturated heterocycles. The van der Waals surface area contributed by atoms with Crippen LogP contribution in [0, 0.1) is 5.82 Å². The van der Waals surface area contributed by atoms with E-state index in [1.54, 1.807) is 4.89 Å². The molecular weight excluding hydrogens is 321 g/mol. The Hall–Kier alpha value is -1.03. The third-order valence-corrected chi connectivity index (χ3v) is 3.74. The summed E-state index contributed by atoms with van der Waals surface area (Å²) in [6.45, 7) is -0.821. The molecule has 1 rings (SSSR count). The van der Waals surface area contributed by atoms with Crippen LogP contribution in [-0.2, 0) is 19.7 Å². The summed E-state index contributed by atoms with van der Waals surface area (Å²) in [6, 6.07) is 2.94. The molecule has 0 aromatic heterocycles. The van der Waals surface area contributed by atoms with Gasteiger partial charge < -0.3 is 5.11 Å². The van der Waals surface area contributed by atoms with Crippen LogP contribution in [0.3, 0.4) is 0 Å². The molecule has 6 nitrogen and oxygen atoms in total. The van der Waals surface area contributed by atoms with Crippen molar-refractivity contribution in [2.45, 2.75) is 4.90 Å². The fourth-order valence-corrected chi connectivity index (χ4v) is 2.76. The molecule has 1 aromatic carbocycles. The number of benzene rings is 1. The number of hydrogen-bond donors (Lipinski definition) is 2. The number of halogens is 2. The molecule has 0 amide bonds. The number of sulfonamides is 1. The first-order valence-corrected chi connectivity index (χ1v) is 6.41. The zero-order valence-electron chi connectivity index (χ0n) is 8.18. The molecule has 0 spiro atoms. The maximum absolute atomic E-state index is 12.7. The lowest BCUT2D eigenvalue weighted by molar-refractivity contribution is -0.143. The van der Waals surface area contributed by atoms with Crippen molar-refractivity contribution >= 4 is 31.9 Å². The highest BCUT2D eigenvalue weighted by Gasteiger charge is 2.18. The lowest BCUT2D eigenvalue weighted by atomic mass is 10.3. The smallest absolute Gasteiger partial charge is 0.331 e. The number of nitrogens with one attached hydrogen (secondary N) is 1. The summed E-state index contributed by atoms with van der Waals surface area (Å²) < 4.78 is 35.9. The van der Waals surface area contributed by atoms with Crippen molar-refractivity contribution in [3.05, 3.63) is 28.5 Å². The third-order valence-electron chi connectivity index (χ3n) is 1.55. The van der Waals surface area contributed by atoms with E-state index in [1.807, 2.05) is 0 Å². The number of rotatable bonds is 5. The van der Waals surface area contributed by atoms with Crippen LogP contribution in [0.1, 0.15) is 0 Å². The number of aliphatic carboxylic acids is 1. The first kappa shape index (κ1) is 14.0. The topological polar surface area (TPSA) is 92.7 Å². The molecule has 2 N–H and O–H groups in total. The Balaban J connectivity index is 2.86. The summed E-state index contributed by atoms with van der Waals surface area (Å²) in [4.78, 5) is 15.7. The molecule has 0 saturated carbocycles. The highest BCUT2D eigenvalue weighted by molar-refractivity contribution is 9.10. The van der Waals surface area contributed by atoms with Crippen molar-refractivity contribution < 1.29 is 27.5 Å². The molecule has 94 valence electrons. The van der Waals surface area contributed by atoms with Gasteiger partial charge in [-0.25, -0.2) is 17.6 Å². The fraction of sp³-hybridized carbons (Fsp3) is 0.125. The molecule has 17 heavy (non-hydrogen) atoms. The normalized spacial score (nSPS) is 11.4. The maximum Gasteiger partial charge on any atom is 0.331 e. The average molecular weight is 328 g/mol. The largest absolute Gasteiger partial charge is 0.479 e. The number of carboxylic acids is 1. The molecule has 0 fully saturated rings. The van der Waals surface area contributed by atoms with E-state index < -0.39 is 28.4 Å². The predicted octanol–water partition coefficient (Wildman–Crippen LogP) is 0.883. The van der Waals surface area contributed by atoms with Crippen LogP contribution >= 0.6 is 15.9 Å². The van der Waals surface area contributed by atoms with Gasteiger partial charge in [0.25, 0.3) is 10.0 Å². The second-order valence-electron chi connectivity index (χ2n) is 2.84. The van der Waals surface area contributed by atoms with Crippen molar-refractivity contribution in [3.8, 4) is 0 Å². The monoisotopic (exact) mass is 327 g/mol. The summed E-state index contributed by atoms with van der Waals surface area (Å²) >= 11 is 2.87. The van der Waals surface area contributed by atoms with Crippen LogP contribution in [0.4, 0.5) is 4.39 Å². The van der Waals surface area contributed by atoms with E-state index in [9.17, 15) is 17.6 Å². The minimum atomic E-state index is -4.05. The van der Waals surface area contributed by atoms with Crippen molar-refractivity contribution in [1.82, 2.24) is 4.89 Å². The predicted molar refractivity (Wildman–Crippen MR) is 58.0 cm³/mol. The first-order chi connectivity index (χ1) is 7.83. The van der Waals surface area contributed by atoms with E-state index in [4.69, 9.17) is 5.11 Å². The Morgan fingerprint density at radius 1 is 1.53 bits per heavy atom. The van der Waals surface area contributed by atoms with Gasteiger partial charge in [-0.3, -0.25) is 4.84 Å². The molecule has 0 aliphatic rings. The van der Waals surface area contributed by atoms with Gasteiger partial charge in [-0.05, 0) is 34.1 Å². The summed E-state index contributed by atoms with van der Waals surface area (Å²) in [5.41, 5.74) is 0. The Bertz CT molecular complexity index is 533. The van der Waals surface area contributed by atoms with Crippen molar-refractivity contribution in [3.63, 3.8) is 0 Å². The summed E-state index contributed by atoms with van der Waals surface area (Å²) in [7, 11) is -4.05. The zero-order chi connectivity index (χ0) is 13.1. The highest BCUT2D eigenvalue weighted by Crippen LogP contribution is 2.22. The molecule has 0 atom stereocenters. The van der Waals surface area contributed by atoms with Gasteiger partial charge in [0.05, 0.1) is 4.90 Å². The fourth-order valence-electron chi connectivity index (χ4n) is 0.907. The van der Waals surface area contributed by atoms with Gasteiger partial charge in [0.1, 0.15) is 5.82 Å². The van der Waals surface area contributed by atoms with Gasteiger partial charge >= 0.3 is 5.97 Å². The summed E-state index contributed by atoms with van der Waals surface area (Å²) in [5.74, 6) is -1.94. The molecule has 9 heteroatoms. The second kappa shape index (κ2) is 5.54. The number of carbonyl (C=O) groups is 1. The Morgan fingerprint density at radius 2 is 2.18 bits per heavy atom. The van der Waals surface area contributed by atoms with Crippen LogP contribution in [-0.4, -0.2) is 26.1 Å². The molecule has 0 unspecified atom stereocenters. The zero-order valence-corrected chi connectivity index (χ0v) is 10.6. The van der Waals surface area contributed by atoms with Crippen LogP contribution in [0.25, 0.3) is 0 Å². The minimum absolute atomic E-state index is 0.00363. The van der Waals surface area contributed by atoms with Crippen molar-refractivity contribution in [2.24, 2.45) is 0 Å². The number of hydrogen-bond acceptors (Lipinski definition) is 4. The quantitative estimate of drug-likeness (QED) is 0.783. The second-order valence-corrected chi connectivity index (χ2v) is 5.31. The summed E-state index contributed by atoms with van der Waals surface area (Å²) in [6.07, 6.45) is 0. The van der Waals surface area contributed by atoms with Gasteiger partial charge in [-0.15, -0.1) is 0 Å². The average Bonchev–Trinajstić information content (AvgIpc) is 2.15. The highest BCUT2D eigenvalue weighted by atomic mass is 79.9. The first-order valence-electron chi connectivity index (χ1n) is 4.13. The number of carboxylic acid groups (broad SMARTS) is 1. The van der Waals surface area contributed by atoms with Crippen LogP contribution < -0.4 is 4.89 Å². The molecule has 0 aliphatic carbocycles. The van der Waals surface area contributed by atoms with E-state index >= 15 is 0 Å². The van der Waals surface area contributed by atoms with Crippen molar-refractivity contribution in [1.29, 1.82) is 0 Å². The molecule has 0 radical (unpaired) electrons. The van der Waals surface area contributed by atoms with E-state index in [2.05, 4.69) is 20.8 Å². The van der Waals surface area contributed by atoms with Gasteiger partial charge in [0.15, 0.2) is 6.61 Å². The van der Waals surface area contributed by atoms with E-state index in [0.29, 0.717) is 0 Å². The third kappa shape index (κ3) is 4.04. The Kier molecular flexibility index (Phi) is 4.57. The van der Waals surface area contributed by atoms with Crippen molar-refractivity contribution in [2.75, 3.05) is 6.61 Å². The summed E-state index contributed by atoms with van der Waals surface area (Å²) in [5, 5.41) is 8.25. The van der Waals surface area contributed by atoms with Gasteiger partial charge in [-0.2, -0.15) is 0 Å². The Labute approximate surface area is 105 Å². The maximum atomic E-state index is 12.7. The van der Waals surface area contributed by atoms with E-state index in [1.165, 1.54) is 0 Å². The molecule has 0 bridgehead atoms. The van der Waals surface area contributed by atoms with Gasteiger partial charge in [-0.1, -0.05) is 4.89 Å².